The van der Waals surface area contributed by atoms with Gasteiger partial charge in [-0.15, -0.1) is 0 Å². The lowest BCUT2D eigenvalue weighted by Crippen LogP contribution is -2.13. The number of hydrogen-bond acceptors (Lipinski definition) is 3. The molecule has 0 aliphatic heterocycles. The Hall–Kier alpha value is -1.87. The summed E-state index contributed by atoms with van der Waals surface area (Å²) < 4.78 is 5.09. The molecule has 20 heavy (non-hydrogen) atoms. The second-order valence-electron chi connectivity index (χ2n) is 5.02. The number of hydrogen-bond donors (Lipinski definition) is 1. The van der Waals surface area contributed by atoms with Gasteiger partial charge in [-0.2, -0.15) is 0 Å². The minimum atomic E-state index is -0.638. The van der Waals surface area contributed by atoms with Gasteiger partial charge in [-0.05, 0) is 36.1 Å². The highest BCUT2D eigenvalue weighted by molar-refractivity contribution is 5.85. The molecule has 3 nitrogen and oxygen atoms in total. The molecule has 2 aromatic rings. The molecule has 0 radical (unpaired) electrons. The number of carbonyl (C=O) groups excluding carboxylic acids is 1. The van der Waals surface area contributed by atoms with Gasteiger partial charge in [0.1, 0.15) is 0 Å². The average Bonchev–Trinajstić information content (AvgIpc) is 2.43. The molecule has 1 unspecified atom stereocenters. The van der Waals surface area contributed by atoms with E-state index >= 15 is 0 Å². The fraction of sp³-hybridized carbons (Fsp3) is 0.353. The van der Waals surface area contributed by atoms with Gasteiger partial charge in [-0.1, -0.05) is 42.5 Å². The van der Waals surface area contributed by atoms with E-state index in [1.165, 1.54) is 16.3 Å². The summed E-state index contributed by atoms with van der Waals surface area (Å²) in [5.74, 6) is -0.335. The first-order chi connectivity index (χ1) is 9.66. The number of esters is 1. The number of ether oxygens (including phenoxy) is 1. The highest BCUT2D eigenvalue weighted by Gasteiger charge is 2.07. The van der Waals surface area contributed by atoms with Gasteiger partial charge < -0.3 is 9.84 Å². The average molecular weight is 272 g/mol. The van der Waals surface area contributed by atoms with Crippen molar-refractivity contribution in [2.45, 2.75) is 32.3 Å². The Kier molecular flexibility index (Phi) is 5.13. The first-order valence-corrected chi connectivity index (χ1v) is 6.97. The van der Waals surface area contributed by atoms with Gasteiger partial charge >= 0.3 is 5.97 Å². The number of rotatable bonds is 6. The predicted molar refractivity (Wildman–Crippen MR) is 79.5 cm³/mol. The third kappa shape index (κ3) is 4.07. The third-order valence-corrected chi connectivity index (χ3v) is 3.20. The maximum atomic E-state index is 11.3. The first-order valence-electron chi connectivity index (χ1n) is 6.97. The predicted octanol–water partition coefficient (Wildman–Crippen LogP) is 3.09. The third-order valence-electron chi connectivity index (χ3n) is 3.20. The molecule has 0 saturated carbocycles. The molecule has 2 aromatic carbocycles. The van der Waals surface area contributed by atoms with E-state index in [1.54, 1.807) is 6.92 Å². The van der Waals surface area contributed by atoms with Gasteiger partial charge in [0.2, 0.25) is 0 Å². The SMILES string of the molecule is CC(O)CC(=O)OCCCc1cccc2ccccc12. The van der Waals surface area contributed by atoms with E-state index in [9.17, 15) is 4.79 Å². The Balaban J connectivity index is 1.86. The summed E-state index contributed by atoms with van der Waals surface area (Å²) in [6.45, 7) is 1.98. The van der Waals surface area contributed by atoms with E-state index in [2.05, 4.69) is 30.3 Å². The van der Waals surface area contributed by atoms with Crippen LogP contribution in [-0.2, 0) is 16.0 Å². The minimum Gasteiger partial charge on any atom is -0.466 e. The molecule has 0 amide bonds. The van der Waals surface area contributed by atoms with Crippen molar-refractivity contribution >= 4 is 16.7 Å². The Bertz CT molecular complexity index is 570. The van der Waals surface area contributed by atoms with Gasteiger partial charge in [-0.3, -0.25) is 4.79 Å². The lowest BCUT2D eigenvalue weighted by molar-refractivity contribution is -0.145. The molecule has 0 aliphatic carbocycles. The summed E-state index contributed by atoms with van der Waals surface area (Å²) in [5, 5.41) is 11.6. The molecular weight excluding hydrogens is 252 g/mol. The van der Waals surface area contributed by atoms with Crippen LogP contribution < -0.4 is 0 Å². The second kappa shape index (κ2) is 7.06. The van der Waals surface area contributed by atoms with Crippen molar-refractivity contribution in [1.82, 2.24) is 0 Å². The Morgan fingerprint density at radius 1 is 1.20 bits per heavy atom. The Labute approximate surface area is 119 Å². The van der Waals surface area contributed by atoms with Crippen LogP contribution in [0, 0.1) is 0 Å². The van der Waals surface area contributed by atoms with Crippen LogP contribution in [-0.4, -0.2) is 23.8 Å². The standard InChI is InChI=1S/C17H20O3/c1-13(18)12-17(19)20-11-5-9-15-8-4-7-14-6-2-3-10-16(14)15/h2-4,6-8,10,13,18H,5,9,11-12H2,1H3. The van der Waals surface area contributed by atoms with E-state index in [0.717, 1.165) is 12.8 Å². The van der Waals surface area contributed by atoms with Crippen molar-refractivity contribution in [3.8, 4) is 0 Å². The van der Waals surface area contributed by atoms with Gasteiger partial charge in [0, 0.05) is 0 Å². The topological polar surface area (TPSA) is 46.5 Å². The summed E-state index contributed by atoms with van der Waals surface area (Å²) in [6.07, 6.45) is 1.09. The van der Waals surface area contributed by atoms with E-state index in [4.69, 9.17) is 9.84 Å². The highest BCUT2D eigenvalue weighted by atomic mass is 16.5. The number of aliphatic hydroxyl groups is 1. The molecule has 0 spiro atoms. The molecule has 1 N–H and O–H groups in total. The van der Waals surface area contributed by atoms with Gasteiger partial charge in [0.05, 0.1) is 19.1 Å². The van der Waals surface area contributed by atoms with Crippen LogP contribution in [0.4, 0.5) is 0 Å². The first kappa shape index (κ1) is 14.5. The number of carbonyl (C=O) groups is 1. The molecule has 2 rings (SSSR count). The summed E-state index contributed by atoms with van der Waals surface area (Å²) >= 11 is 0. The molecular formula is C17H20O3. The largest absolute Gasteiger partial charge is 0.466 e. The molecule has 0 aromatic heterocycles. The van der Waals surface area contributed by atoms with E-state index < -0.39 is 6.10 Å². The van der Waals surface area contributed by atoms with E-state index in [0.29, 0.717) is 6.61 Å². The molecule has 0 bridgehead atoms. The van der Waals surface area contributed by atoms with Crippen LogP contribution >= 0.6 is 0 Å². The summed E-state index contributed by atoms with van der Waals surface area (Å²) in [7, 11) is 0. The monoisotopic (exact) mass is 272 g/mol. The fourth-order valence-corrected chi connectivity index (χ4v) is 2.26. The van der Waals surface area contributed by atoms with Crippen molar-refractivity contribution in [3.63, 3.8) is 0 Å². The normalized spacial score (nSPS) is 12.3. The zero-order valence-electron chi connectivity index (χ0n) is 11.7. The lowest BCUT2D eigenvalue weighted by Gasteiger charge is -2.08. The number of fused-ring (bicyclic) bond motifs is 1. The maximum Gasteiger partial charge on any atom is 0.308 e. The molecule has 0 fully saturated rings. The fourth-order valence-electron chi connectivity index (χ4n) is 2.26. The zero-order valence-corrected chi connectivity index (χ0v) is 11.7. The van der Waals surface area contributed by atoms with Gasteiger partial charge in [0.25, 0.3) is 0 Å². The zero-order chi connectivity index (χ0) is 14.4. The number of aryl methyl sites for hydroxylation is 1. The van der Waals surface area contributed by atoms with E-state index in [-0.39, 0.29) is 12.4 Å². The quantitative estimate of drug-likeness (QED) is 0.649. The van der Waals surface area contributed by atoms with Crippen molar-refractivity contribution in [2.24, 2.45) is 0 Å². The van der Waals surface area contributed by atoms with Crippen LogP contribution in [0.25, 0.3) is 10.8 Å². The molecule has 0 aliphatic rings. The van der Waals surface area contributed by atoms with Crippen molar-refractivity contribution in [2.75, 3.05) is 6.61 Å². The van der Waals surface area contributed by atoms with Crippen LogP contribution in [0.3, 0.4) is 0 Å². The molecule has 0 saturated heterocycles. The van der Waals surface area contributed by atoms with Crippen molar-refractivity contribution < 1.29 is 14.6 Å². The van der Waals surface area contributed by atoms with Crippen molar-refractivity contribution in [3.05, 3.63) is 48.0 Å². The van der Waals surface area contributed by atoms with Crippen LogP contribution in [0.15, 0.2) is 42.5 Å². The summed E-state index contributed by atoms with van der Waals surface area (Å²) in [6, 6.07) is 14.5. The minimum absolute atomic E-state index is 0.0638. The number of benzene rings is 2. The van der Waals surface area contributed by atoms with Crippen LogP contribution in [0.5, 0.6) is 0 Å². The highest BCUT2D eigenvalue weighted by Crippen LogP contribution is 2.19. The smallest absolute Gasteiger partial charge is 0.308 e. The summed E-state index contributed by atoms with van der Waals surface area (Å²) in [4.78, 5) is 11.3. The second-order valence-corrected chi connectivity index (χ2v) is 5.02. The molecule has 3 heteroatoms. The van der Waals surface area contributed by atoms with Gasteiger partial charge in [-0.25, -0.2) is 0 Å². The summed E-state index contributed by atoms with van der Waals surface area (Å²) in [5.41, 5.74) is 1.27. The Morgan fingerprint density at radius 3 is 2.75 bits per heavy atom. The lowest BCUT2D eigenvalue weighted by atomic mass is 10.0. The van der Waals surface area contributed by atoms with Gasteiger partial charge in [0.15, 0.2) is 0 Å². The molecule has 106 valence electrons. The molecule has 1 atom stereocenters. The maximum absolute atomic E-state index is 11.3. The van der Waals surface area contributed by atoms with Crippen LogP contribution in [0.2, 0.25) is 0 Å². The van der Waals surface area contributed by atoms with E-state index in [1.807, 2.05) is 12.1 Å². The number of aliphatic hydroxyl groups excluding tert-OH is 1. The van der Waals surface area contributed by atoms with Crippen molar-refractivity contribution in [1.29, 1.82) is 0 Å². The Morgan fingerprint density at radius 2 is 1.95 bits per heavy atom. The molecule has 0 heterocycles. The van der Waals surface area contributed by atoms with Crippen LogP contribution in [0.1, 0.15) is 25.3 Å².